The molecule has 0 aromatic rings. The van der Waals surface area contributed by atoms with Crippen molar-refractivity contribution in [3.8, 4) is 0 Å². The second-order valence-corrected chi connectivity index (χ2v) is 2.82. The van der Waals surface area contributed by atoms with Gasteiger partial charge in [0.25, 0.3) is 6.08 Å². The van der Waals surface area contributed by atoms with E-state index in [0.717, 1.165) is 5.57 Å². The third-order valence-corrected chi connectivity index (χ3v) is 1.90. The van der Waals surface area contributed by atoms with Gasteiger partial charge < -0.3 is 5.73 Å². The smallest absolute Gasteiger partial charge is 0.271 e. The zero-order valence-electron chi connectivity index (χ0n) is 6.40. The molecular weight excluding hydrogens is 148 g/mol. The molecule has 2 N–H and O–H groups in total. The van der Waals surface area contributed by atoms with Gasteiger partial charge in [0.05, 0.1) is 0 Å². The highest BCUT2D eigenvalue weighted by Gasteiger charge is 2.17. The highest BCUT2D eigenvalue weighted by Crippen LogP contribution is 2.25. The van der Waals surface area contributed by atoms with Crippen LogP contribution in [0.3, 0.4) is 0 Å². The number of halogens is 2. The average molecular weight is 159 g/mol. The standard InChI is InChI=1S/C8H11F2N/c1-5-2-3-6(8(9)10)7(11)4-5/h4,7H,2-3,11H2,1H3/t7-/m0/s1. The van der Waals surface area contributed by atoms with Crippen molar-refractivity contribution >= 4 is 0 Å². The summed E-state index contributed by atoms with van der Waals surface area (Å²) in [7, 11) is 0. The van der Waals surface area contributed by atoms with Gasteiger partial charge in [-0.15, -0.1) is 0 Å². The Morgan fingerprint density at radius 3 is 2.64 bits per heavy atom. The quantitative estimate of drug-likeness (QED) is 0.539. The van der Waals surface area contributed by atoms with Crippen LogP contribution < -0.4 is 5.73 Å². The molecule has 3 heteroatoms. The third-order valence-electron chi connectivity index (χ3n) is 1.90. The second kappa shape index (κ2) is 3.13. The monoisotopic (exact) mass is 159 g/mol. The fraction of sp³-hybridized carbons (Fsp3) is 0.500. The Bertz CT molecular complexity index is 214. The van der Waals surface area contributed by atoms with Crippen LogP contribution in [0.1, 0.15) is 19.8 Å². The summed E-state index contributed by atoms with van der Waals surface area (Å²) in [6.45, 7) is 1.91. The van der Waals surface area contributed by atoms with Gasteiger partial charge in [-0.05, 0) is 19.8 Å². The molecular formula is C8H11F2N. The summed E-state index contributed by atoms with van der Waals surface area (Å²) in [5, 5.41) is 0. The van der Waals surface area contributed by atoms with Gasteiger partial charge in [-0.3, -0.25) is 0 Å². The number of hydrogen-bond donors (Lipinski definition) is 1. The highest BCUT2D eigenvalue weighted by molar-refractivity contribution is 5.25. The lowest BCUT2D eigenvalue weighted by Crippen LogP contribution is -2.23. The maximum atomic E-state index is 12.1. The molecule has 0 radical (unpaired) electrons. The summed E-state index contributed by atoms with van der Waals surface area (Å²) < 4.78 is 24.1. The summed E-state index contributed by atoms with van der Waals surface area (Å²) in [4.78, 5) is 0. The lowest BCUT2D eigenvalue weighted by Gasteiger charge is -2.17. The Morgan fingerprint density at radius 2 is 2.18 bits per heavy atom. The first-order valence-corrected chi connectivity index (χ1v) is 3.58. The summed E-state index contributed by atoms with van der Waals surface area (Å²) in [5.41, 5.74) is 6.65. The van der Waals surface area contributed by atoms with E-state index in [1.54, 1.807) is 6.08 Å². The number of allylic oxidation sites excluding steroid dienone is 1. The fourth-order valence-corrected chi connectivity index (χ4v) is 1.21. The van der Waals surface area contributed by atoms with Crippen LogP contribution in [0.5, 0.6) is 0 Å². The minimum atomic E-state index is -1.61. The van der Waals surface area contributed by atoms with Gasteiger partial charge in [0.1, 0.15) is 0 Å². The molecule has 1 aliphatic rings. The van der Waals surface area contributed by atoms with Crippen molar-refractivity contribution in [2.45, 2.75) is 25.8 Å². The number of rotatable bonds is 0. The van der Waals surface area contributed by atoms with Crippen LogP contribution in [0.2, 0.25) is 0 Å². The van der Waals surface area contributed by atoms with E-state index in [2.05, 4.69) is 0 Å². The largest absolute Gasteiger partial charge is 0.321 e. The molecule has 62 valence electrons. The van der Waals surface area contributed by atoms with E-state index in [1.165, 1.54) is 0 Å². The molecule has 0 aromatic heterocycles. The first-order chi connectivity index (χ1) is 5.11. The fourth-order valence-electron chi connectivity index (χ4n) is 1.21. The molecule has 0 aliphatic heterocycles. The van der Waals surface area contributed by atoms with Gasteiger partial charge in [-0.2, -0.15) is 8.78 Å². The van der Waals surface area contributed by atoms with Crippen molar-refractivity contribution < 1.29 is 8.78 Å². The van der Waals surface area contributed by atoms with E-state index in [-0.39, 0.29) is 5.57 Å². The van der Waals surface area contributed by atoms with Crippen molar-refractivity contribution in [3.63, 3.8) is 0 Å². The third kappa shape index (κ3) is 1.87. The first-order valence-electron chi connectivity index (χ1n) is 3.58. The Hall–Kier alpha value is -0.700. The molecule has 0 unspecified atom stereocenters. The molecule has 0 bridgehead atoms. The Labute approximate surface area is 64.6 Å². The van der Waals surface area contributed by atoms with Crippen LogP contribution in [0.15, 0.2) is 23.3 Å². The van der Waals surface area contributed by atoms with E-state index in [1.807, 2.05) is 6.92 Å². The van der Waals surface area contributed by atoms with Gasteiger partial charge in [-0.25, -0.2) is 0 Å². The van der Waals surface area contributed by atoms with Crippen molar-refractivity contribution in [1.82, 2.24) is 0 Å². The minimum Gasteiger partial charge on any atom is -0.321 e. The van der Waals surface area contributed by atoms with Gasteiger partial charge in [-0.1, -0.05) is 11.6 Å². The topological polar surface area (TPSA) is 26.0 Å². The average Bonchev–Trinajstić information content (AvgIpc) is 1.85. The molecule has 1 nitrogen and oxygen atoms in total. The van der Waals surface area contributed by atoms with Crippen molar-refractivity contribution in [2.75, 3.05) is 0 Å². The number of hydrogen-bond acceptors (Lipinski definition) is 1. The second-order valence-electron chi connectivity index (χ2n) is 2.82. The first kappa shape index (κ1) is 8.40. The van der Waals surface area contributed by atoms with E-state index in [4.69, 9.17) is 5.73 Å². The molecule has 0 amide bonds. The van der Waals surface area contributed by atoms with Crippen LogP contribution in [-0.4, -0.2) is 6.04 Å². The van der Waals surface area contributed by atoms with Crippen molar-refractivity contribution in [3.05, 3.63) is 23.3 Å². The van der Waals surface area contributed by atoms with E-state index in [0.29, 0.717) is 12.8 Å². The molecule has 0 saturated carbocycles. The van der Waals surface area contributed by atoms with E-state index >= 15 is 0 Å². The molecule has 1 rings (SSSR count). The molecule has 0 saturated heterocycles. The van der Waals surface area contributed by atoms with Crippen LogP contribution >= 0.6 is 0 Å². The molecule has 1 aliphatic carbocycles. The Kier molecular flexibility index (Phi) is 2.39. The maximum absolute atomic E-state index is 12.1. The van der Waals surface area contributed by atoms with Crippen molar-refractivity contribution in [2.24, 2.45) is 5.73 Å². The molecule has 0 spiro atoms. The van der Waals surface area contributed by atoms with Gasteiger partial charge in [0.2, 0.25) is 0 Å². The molecule has 1 atom stereocenters. The highest BCUT2D eigenvalue weighted by atomic mass is 19.3. The van der Waals surface area contributed by atoms with Gasteiger partial charge in [0, 0.05) is 11.6 Å². The zero-order valence-corrected chi connectivity index (χ0v) is 6.40. The van der Waals surface area contributed by atoms with Gasteiger partial charge in [0.15, 0.2) is 0 Å². The zero-order chi connectivity index (χ0) is 8.43. The maximum Gasteiger partial charge on any atom is 0.271 e. The minimum absolute atomic E-state index is 0.0931. The molecule has 0 heterocycles. The summed E-state index contributed by atoms with van der Waals surface area (Å²) in [6.07, 6.45) is 1.20. The van der Waals surface area contributed by atoms with Crippen LogP contribution in [0.4, 0.5) is 8.78 Å². The molecule has 0 aromatic carbocycles. The van der Waals surface area contributed by atoms with E-state index < -0.39 is 12.1 Å². The Morgan fingerprint density at radius 1 is 1.55 bits per heavy atom. The predicted molar refractivity (Wildman–Crippen MR) is 40.2 cm³/mol. The van der Waals surface area contributed by atoms with Crippen molar-refractivity contribution in [1.29, 1.82) is 0 Å². The van der Waals surface area contributed by atoms with E-state index in [9.17, 15) is 8.78 Å². The normalized spacial score (nSPS) is 24.9. The lowest BCUT2D eigenvalue weighted by atomic mass is 9.93. The summed E-state index contributed by atoms with van der Waals surface area (Å²) in [6, 6.07) is -0.561. The predicted octanol–water partition coefficient (Wildman–Crippen LogP) is 2.20. The van der Waals surface area contributed by atoms with Gasteiger partial charge >= 0.3 is 0 Å². The molecule has 11 heavy (non-hydrogen) atoms. The summed E-state index contributed by atoms with van der Waals surface area (Å²) >= 11 is 0. The van der Waals surface area contributed by atoms with Crippen LogP contribution in [-0.2, 0) is 0 Å². The molecule has 0 fully saturated rings. The van der Waals surface area contributed by atoms with Crippen LogP contribution in [0, 0.1) is 0 Å². The lowest BCUT2D eigenvalue weighted by molar-refractivity contribution is 0.400. The Balaban J connectivity index is 2.85. The van der Waals surface area contributed by atoms with Crippen LogP contribution in [0.25, 0.3) is 0 Å². The number of nitrogens with two attached hydrogens (primary N) is 1. The SMILES string of the molecule is CC1=C[C@H](N)C(=C(F)F)CC1. The summed E-state index contributed by atoms with van der Waals surface area (Å²) in [5.74, 6) is 0.